The van der Waals surface area contributed by atoms with Crippen molar-refractivity contribution in [3.8, 4) is 0 Å². The van der Waals surface area contributed by atoms with Gasteiger partial charge in [0.2, 0.25) is 23.7 Å². The Morgan fingerprint density at radius 1 is 0.953 bits per heavy atom. The summed E-state index contributed by atoms with van der Waals surface area (Å²) in [5.41, 5.74) is 2.17. The van der Waals surface area contributed by atoms with Crippen molar-refractivity contribution in [2.24, 2.45) is 5.92 Å². The van der Waals surface area contributed by atoms with Crippen LogP contribution in [0.15, 0.2) is 95.8 Å². The Bertz CT molecular complexity index is 1360. The maximum Gasteiger partial charge on any atom is 0.314 e. The van der Waals surface area contributed by atoms with E-state index in [1.807, 2.05) is 67.6 Å². The topological polar surface area (TPSA) is 104 Å². The van der Waals surface area contributed by atoms with Gasteiger partial charge in [-0.15, -0.1) is 0 Å². The first kappa shape index (κ1) is 30.1. The number of hydrogen-bond acceptors (Lipinski definition) is 7. The van der Waals surface area contributed by atoms with Crippen LogP contribution in [0.4, 0.5) is 0 Å². The number of fused-ring (bicyclic) bond motifs is 1. The van der Waals surface area contributed by atoms with Gasteiger partial charge in [0.15, 0.2) is 17.6 Å². The molecule has 0 spiro atoms. The molecule has 2 N–H and O–H groups in total. The van der Waals surface area contributed by atoms with Gasteiger partial charge in [-0.2, -0.15) is 0 Å². The first-order valence-corrected chi connectivity index (χ1v) is 15.0. The van der Waals surface area contributed by atoms with Gasteiger partial charge in [-0.3, -0.25) is 9.59 Å². The molecule has 0 bridgehead atoms. The van der Waals surface area contributed by atoms with Crippen LogP contribution in [-0.2, 0) is 46.3 Å². The highest BCUT2D eigenvalue weighted by Gasteiger charge is 2.40. The highest BCUT2D eigenvalue weighted by Crippen LogP contribution is 2.40. The van der Waals surface area contributed by atoms with Crippen LogP contribution in [0.3, 0.4) is 0 Å². The largest absolute Gasteiger partial charge is 0.474 e. The highest BCUT2D eigenvalue weighted by molar-refractivity contribution is 5.81. The average Bonchev–Trinajstić information content (AvgIpc) is 3.02. The van der Waals surface area contributed by atoms with E-state index in [1.165, 1.54) is 19.6 Å². The fourth-order valence-electron chi connectivity index (χ4n) is 5.42. The molecule has 2 heterocycles. The maximum absolute atomic E-state index is 13.3. The molecule has 3 aliphatic rings. The lowest BCUT2D eigenvalue weighted by atomic mass is 9.88. The number of ether oxygens (including phenoxy) is 5. The summed E-state index contributed by atoms with van der Waals surface area (Å²) < 4.78 is 30.8. The van der Waals surface area contributed by atoms with Crippen LogP contribution < -0.4 is 10.6 Å². The highest BCUT2D eigenvalue weighted by atomic mass is 16.7. The van der Waals surface area contributed by atoms with Crippen LogP contribution in [0.5, 0.6) is 0 Å². The van der Waals surface area contributed by atoms with E-state index in [4.69, 9.17) is 23.7 Å². The summed E-state index contributed by atoms with van der Waals surface area (Å²) in [6.07, 6.45) is 6.08. The van der Waals surface area contributed by atoms with E-state index in [1.54, 1.807) is 6.92 Å². The van der Waals surface area contributed by atoms with Gasteiger partial charge < -0.3 is 34.3 Å². The molecular weight excluding hydrogens is 548 g/mol. The van der Waals surface area contributed by atoms with Crippen LogP contribution in [0, 0.1) is 5.92 Å². The molecule has 2 aromatic carbocycles. The molecule has 5 rings (SSSR count). The number of amides is 2. The van der Waals surface area contributed by atoms with Crippen molar-refractivity contribution in [3.63, 3.8) is 0 Å². The lowest BCUT2D eigenvalue weighted by Crippen LogP contribution is -2.42. The predicted molar refractivity (Wildman–Crippen MR) is 159 cm³/mol. The van der Waals surface area contributed by atoms with Gasteiger partial charge in [-0.05, 0) is 44.2 Å². The summed E-state index contributed by atoms with van der Waals surface area (Å²) in [6.45, 7) is 5.16. The minimum Gasteiger partial charge on any atom is -0.474 e. The van der Waals surface area contributed by atoms with E-state index in [9.17, 15) is 9.59 Å². The Balaban J connectivity index is 1.41. The van der Waals surface area contributed by atoms with Gasteiger partial charge in [0, 0.05) is 18.9 Å². The number of carbonyl (C=O) groups is 2. The summed E-state index contributed by atoms with van der Waals surface area (Å²) in [5.74, 6) is 0.190. The Morgan fingerprint density at radius 2 is 1.63 bits per heavy atom. The lowest BCUT2D eigenvalue weighted by molar-refractivity contribution is -0.147. The number of nitrogens with one attached hydrogen (secondary N) is 2. The average molecular weight is 589 g/mol. The summed E-state index contributed by atoms with van der Waals surface area (Å²) >= 11 is 0. The minimum absolute atomic E-state index is 0.0115. The molecule has 43 heavy (non-hydrogen) atoms. The Labute approximate surface area is 252 Å². The molecule has 2 aliphatic heterocycles. The van der Waals surface area contributed by atoms with Crippen LogP contribution >= 0.6 is 0 Å². The fourth-order valence-corrected chi connectivity index (χ4v) is 5.42. The molecule has 1 unspecified atom stereocenters. The molecule has 2 aromatic rings. The van der Waals surface area contributed by atoms with Crippen molar-refractivity contribution in [1.82, 2.24) is 10.6 Å². The Kier molecular flexibility index (Phi) is 9.92. The van der Waals surface area contributed by atoms with Crippen molar-refractivity contribution in [2.45, 2.75) is 84.3 Å². The van der Waals surface area contributed by atoms with Crippen molar-refractivity contribution >= 4 is 11.8 Å². The van der Waals surface area contributed by atoms with Crippen molar-refractivity contribution < 1.29 is 33.3 Å². The van der Waals surface area contributed by atoms with Gasteiger partial charge in [-0.1, -0.05) is 79.9 Å². The zero-order valence-corrected chi connectivity index (χ0v) is 25.0. The maximum atomic E-state index is 13.3. The molecule has 2 amide bonds. The molecule has 9 nitrogen and oxygen atoms in total. The van der Waals surface area contributed by atoms with Gasteiger partial charge in [0.05, 0.1) is 0 Å². The van der Waals surface area contributed by atoms with E-state index >= 15 is 0 Å². The first-order valence-electron chi connectivity index (χ1n) is 15.0. The van der Waals surface area contributed by atoms with Crippen molar-refractivity contribution in [2.75, 3.05) is 0 Å². The van der Waals surface area contributed by atoms with E-state index in [0.29, 0.717) is 6.42 Å². The second-order valence-corrected chi connectivity index (χ2v) is 11.2. The third-order valence-corrected chi connectivity index (χ3v) is 7.59. The fraction of sp³-hybridized carbons (Fsp3) is 0.412. The number of benzene rings is 2. The van der Waals surface area contributed by atoms with Crippen LogP contribution in [0.2, 0.25) is 0 Å². The molecule has 228 valence electrons. The second-order valence-electron chi connectivity index (χ2n) is 11.2. The second kappa shape index (κ2) is 14.2. The lowest BCUT2D eigenvalue weighted by Gasteiger charge is -2.36. The SMILES string of the molecule is CC(=O)NC1=C(OCc2ccccc2)OC2=CO[C@H](C3CCCCC3)OC2=C1O[C@H](C)C(=O)NC(C)Cc1ccccc1. The normalized spacial score (nSPS) is 19.9. The molecule has 3 atom stereocenters. The smallest absolute Gasteiger partial charge is 0.314 e. The van der Waals surface area contributed by atoms with Gasteiger partial charge >= 0.3 is 5.95 Å². The third-order valence-electron chi connectivity index (χ3n) is 7.59. The van der Waals surface area contributed by atoms with Crippen LogP contribution in [-0.4, -0.2) is 30.3 Å². The standard InChI is InChI=1S/C34H40N2O7/c1-22(19-25-13-7-4-8-14-25)35-32(38)23(2)41-31-29(36-24(3)37)34(39-20-26-15-9-5-10-16-26)42-28-21-40-33(43-30(28)31)27-17-11-6-12-18-27/h4-5,7-10,13-16,21-23,27,33H,6,11-12,17-20H2,1-3H3,(H,35,38)(H,36,37)/t22?,23-,33+/m1/s1. The summed E-state index contributed by atoms with van der Waals surface area (Å²) in [6, 6.07) is 19.4. The van der Waals surface area contributed by atoms with Gasteiger partial charge in [-0.25, -0.2) is 0 Å². The monoisotopic (exact) mass is 588 g/mol. The Hall–Kier alpha value is -4.40. The number of hydrogen-bond donors (Lipinski definition) is 2. The van der Waals surface area contributed by atoms with E-state index in [0.717, 1.165) is 36.8 Å². The van der Waals surface area contributed by atoms with Gasteiger partial charge in [0.25, 0.3) is 5.91 Å². The molecule has 1 fully saturated rings. The molecule has 9 heteroatoms. The number of rotatable bonds is 11. The van der Waals surface area contributed by atoms with Crippen LogP contribution in [0.1, 0.15) is 64.0 Å². The van der Waals surface area contributed by atoms with Gasteiger partial charge in [0.1, 0.15) is 12.9 Å². The molecule has 0 saturated heterocycles. The minimum atomic E-state index is -0.932. The first-order chi connectivity index (χ1) is 20.9. The zero-order chi connectivity index (χ0) is 30.2. The summed E-state index contributed by atoms with van der Waals surface area (Å²) in [4.78, 5) is 25.7. The third kappa shape index (κ3) is 7.91. The van der Waals surface area contributed by atoms with Crippen LogP contribution in [0.25, 0.3) is 0 Å². The quantitative estimate of drug-likeness (QED) is 0.347. The van der Waals surface area contributed by atoms with E-state index in [-0.39, 0.29) is 59.3 Å². The Morgan fingerprint density at radius 3 is 2.30 bits per heavy atom. The van der Waals surface area contributed by atoms with E-state index < -0.39 is 12.4 Å². The zero-order valence-electron chi connectivity index (χ0n) is 25.0. The molecule has 1 saturated carbocycles. The molecule has 1 aliphatic carbocycles. The van der Waals surface area contributed by atoms with Crippen molar-refractivity contribution in [3.05, 3.63) is 107 Å². The molecule has 0 aromatic heterocycles. The number of carbonyl (C=O) groups excluding carboxylic acids is 2. The molecule has 0 radical (unpaired) electrons. The van der Waals surface area contributed by atoms with Crippen molar-refractivity contribution in [1.29, 1.82) is 0 Å². The summed E-state index contributed by atoms with van der Waals surface area (Å²) in [7, 11) is 0. The molecular formula is C34H40N2O7. The van der Waals surface area contributed by atoms with E-state index in [2.05, 4.69) is 10.6 Å². The predicted octanol–water partition coefficient (Wildman–Crippen LogP) is 5.70. The summed E-state index contributed by atoms with van der Waals surface area (Å²) in [5, 5.41) is 5.82.